The maximum atomic E-state index is 13.3. The summed E-state index contributed by atoms with van der Waals surface area (Å²) in [5.41, 5.74) is 9.51. The molecule has 0 spiro atoms. The van der Waals surface area contributed by atoms with Crippen LogP contribution in [0.15, 0.2) is 73.3 Å². The first-order valence-corrected chi connectivity index (χ1v) is 11.6. The van der Waals surface area contributed by atoms with E-state index >= 15 is 0 Å². The number of hydrogen-bond donors (Lipinski definition) is 2. The summed E-state index contributed by atoms with van der Waals surface area (Å²) in [5, 5.41) is 2.77. The summed E-state index contributed by atoms with van der Waals surface area (Å²) in [4.78, 5) is 22.6. The number of nitrogens with one attached hydrogen (secondary N) is 1. The number of carbonyl (C=O) groups excluding carboxylic acids is 1. The smallest absolute Gasteiger partial charge is 0.151 e. The Morgan fingerprint density at radius 2 is 1.52 bits per heavy atom. The number of aldehydes is 1. The number of aromatic nitrogens is 4. The second-order valence-corrected chi connectivity index (χ2v) is 8.00. The molecule has 0 aliphatic rings. The molecule has 0 radical (unpaired) electrons. The van der Waals surface area contributed by atoms with Crippen molar-refractivity contribution in [2.75, 3.05) is 32.3 Å². The third-order valence-electron chi connectivity index (χ3n) is 5.44. The molecule has 40 heavy (non-hydrogen) atoms. The monoisotopic (exact) mass is 550 g/mol. The topological polar surface area (TPSA) is 117 Å². The fourth-order valence-electron chi connectivity index (χ4n) is 3.43. The van der Waals surface area contributed by atoms with E-state index in [1.54, 1.807) is 44.9 Å². The minimum atomic E-state index is -0.279. The predicted molar refractivity (Wildman–Crippen MR) is 154 cm³/mol. The zero-order valence-electron chi connectivity index (χ0n) is 21.9. The summed E-state index contributed by atoms with van der Waals surface area (Å²) < 4.78 is 37.5. The lowest BCUT2D eigenvalue weighted by Crippen LogP contribution is -1.95. The van der Waals surface area contributed by atoms with E-state index in [1.807, 2.05) is 17.7 Å². The minimum Gasteiger partial charge on any atom is -0.495 e. The number of nitrogens with zero attached hydrogens (tertiary/aromatic N) is 4. The number of imidazole rings is 1. The maximum absolute atomic E-state index is 13.3. The van der Waals surface area contributed by atoms with Crippen molar-refractivity contribution in [2.24, 2.45) is 7.05 Å². The van der Waals surface area contributed by atoms with Gasteiger partial charge in [0, 0.05) is 37.6 Å². The molecule has 11 heteroatoms. The zero-order valence-corrected chi connectivity index (χ0v) is 21.9. The molecule has 3 N–H and O–H groups in total. The zero-order chi connectivity index (χ0) is 28.4. The Balaban J connectivity index is 0.000000228. The van der Waals surface area contributed by atoms with Crippen LogP contribution < -0.4 is 20.5 Å². The van der Waals surface area contributed by atoms with Gasteiger partial charge in [-0.2, -0.15) is 0 Å². The van der Waals surface area contributed by atoms with Gasteiger partial charge >= 0.3 is 0 Å². The molecule has 0 bridgehead atoms. The van der Waals surface area contributed by atoms with Gasteiger partial charge in [-0.25, -0.2) is 13.8 Å². The highest BCUT2D eigenvalue weighted by atomic mass is 19.1. The molecule has 0 saturated carbocycles. The van der Waals surface area contributed by atoms with Crippen LogP contribution in [0.1, 0.15) is 17.8 Å². The summed E-state index contributed by atoms with van der Waals surface area (Å²) in [6, 6.07) is 12.2. The molecule has 5 rings (SSSR count). The maximum Gasteiger partial charge on any atom is 0.151 e. The van der Waals surface area contributed by atoms with Crippen LogP contribution in [0, 0.1) is 11.6 Å². The fourth-order valence-corrected chi connectivity index (χ4v) is 3.43. The number of rotatable bonds is 5. The van der Waals surface area contributed by atoms with Crippen LogP contribution in [0.25, 0.3) is 22.4 Å². The van der Waals surface area contributed by atoms with Crippen LogP contribution in [-0.2, 0) is 7.05 Å². The molecule has 3 heterocycles. The number of hydrogen-bond acceptors (Lipinski definition) is 8. The SMILES string of the molecule is C.CNc1cc(F)ccc1N.COc1cncc(-c2nc3ccc(F)cc3n2C)c1.COc1cncc(C=O)c1. The molecule has 0 aliphatic heterocycles. The molecule has 0 unspecified atom stereocenters. The van der Waals surface area contributed by atoms with Gasteiger partial charge < -0.3 is 25.1 Å². The van der Waals surface area contributed by atoms with E-state index in [1.165, 1.54) is 43.6 Å². The van der Waals surface area contributed by atoms with E-state index in [0.717, 1.165) is 28.7 Å². The Labute approximate surface area is 231 Å². The summed E-state index contributed by atoms with van der Waals surface area (Å²) in [6.45, 7) is 0. The van der Waals surface area contributed by atoms with Crippen molar-refractivity contribution < 1.29 is 23.0 Å². The van der Waals surface area contributed by atoms with Gasteiger partial charge in [0.25, 0.3) is 0 Å². The van der Waals surface area contributed by atoms with Crippen LogP contribution >= 0.6 is 0 Å². The number of benzene rings is 2. The number of pyridine rings is 2. The molecule has 0 fully saturated rings. The van der Waals surface area contributed by atoms with Gasteiger partial charge in [0.1, 0.15) is 29.0 Å². The highest BCUT2D eigenvalue weighted by Gasteiger charge is 2.11. The highest BCUT2D eigenvalue weighted by Crippen LogP contribution is 2.26. The second kappa shape index (κ2) is 14.8. The first-order chi connectivity index (χ1) is 18.8. The first-order valence-electron chi connectivity index (χ1n) is 11.6. The normalized spacial score (nSPS) is 9.75. The minimum absolute atomic E-state index is 0. The van der Waals surface area contributed by atoms with Crippen molar-refractivity contribution in [3.63, 3.8) is 0 Å². The average molecular weight is 551 g/mol. The number of nitrogens with two attached hydrogens (primary N) is 1. The lowest BCUT2D eigenvalue weighted by Gasteiger charge is -2.04. The lowest BCUT2D eigenvalue weighted by atomic mass is 10.2. The number of methoxy groups -OCH3 is 2. The predicted octanol–water partition coefficient (Wildman–Crippen LogP) is 5.77. The van der Waals surface area contributed by atoms with Crippen LogP contribution in [0.5, 0.6) is 11.5 Å². The van der Waals surface area contributed by atoms with Crippen molar-refractivity contribution in [3.05, 3.63) is 90.5 Å². The molecular formula is C29H32F2N6O3. The first kappa shape index (κ1) is 31.2. The van der Waals surface area contributed by atoms with Crippen molar-refractivity contribution in [3.8, 4) is 22.9 Å². The van der Waals surface area contributed by atoms with Gasteiger partial charge in [-0.15, -0.1) is 0 Å². The molecule has 5 aromatic rings. The molecule has 0 saturated heterocycles. The van der Waals surface area contributed by atoms with E-state index in [4.69, 9.17) is 15.2 Å². The summed E-state index contributed by atoms with van der Waals surface area (Å²) in [7, 11) is 6.67. The molecule has 9 nitrogen and oxygen atoms in total. The van der Waals surface area contributed by atoms with Crippen molar-refractivity contribution in [1.29, 1.82) is 0 Å². The van der Waals surface area contributed by atoms with Crippen LogP contribution in [0.2, 0.25) is 0 Å². The van der Waals surface area contributed by atoms with Gasteiger partial charge in [0.2, 0.25) is 0 Å². The Morgan fingerprint density at radius 3 is 2.15 bits per heavy atom. The van der Waals surface area contributed by atoms with E-state index in [9.17, 15) is 13.6 Å². The summed E-state index contributed by atoms with van der Waals surface area (Å²) in [5.74, 6) is 1.44. The molecule has 0 aliphatic carbocycles. The van der Waals surface area contributed by atoms with Gasteiger partial charge in [0.05, 0.1) is 49.0 Å². The number of halogens is 2. The van der Waals surface area contributed by atoms with Gasteiger partial charge in [-0.1, -0.05) is 7.43 Å². The van der Waals surface area contributed by atoms with E-state index < -0.39 is 0 Å². The lowest BCUT2D eigenvalue weighted by molar-refractivity contribution is 0.112. The molecular weight excluding hydrogens is 518 g/mol. The summed E-state index contributed by atoms with van der Waals surface area (Å²) in [6.07, 6.45) is 7.10. The Morgan fingerprint density at radius 1 is 0.900 bits per heavy atom. The van der Waals surface area contributed by atoms with Crippen molar-refractivity contribution in [1.82, 2.24) is 19.5 Å². The molecule has 2 aromatic carbocycles. The average Bonchev–Trinajstić information content (AvgIpc) is 3.30. The molecule has 210 valence electrons. The Bertz CT molecular complexity index is 1560. The van der Waals surface area contributed by atoms with E-state index in [2.05, 4.69) is 20.3 Å². The quantitative estimate of drug-likeness (QED) is 0.209. The molecule has 3 aromatic heterocycles. The number of nitrogen functional groups attached to an aromatic ring is 1. The Kier molecular flexibility index (Phi) is 11.5. The second-order valence-electron chi connectivity index (χ2n) is 8.00. The number of fused-ring (bicyclic) bond motifs is 1. The number of ether oxygens (including phenoxy) is 2. The van der Waals surface area contributed by atoms with Crippen molar-refractivity contribution >= 4 is 28.7 Å². The van der Waals surface area contributed by atoms with Crippen LogP contribution in [-0.4, -0.2) is 47.1 Å². The Hall–Kier alpha value is -5.06. The van der Waals surface area contributed by atoms with Crippen molar-refractivity contribution in [2.45, 2.75) is 7.43 Å². The number of carbonyl (C=O) groups is 1. The van der Waals surface area contributed by atoms with E-state index in [-0.39, 0.29) is 19.1 Å². The van der Waals surface area contributed by atoms with Gasteiger partial charge in [0.15, 0.2) is 6.29 Å². The van der Waals surface area contributed by atoms with Gasteiger partial charge in [-0.3, -0.25) is 14.8 Å². The highest BCUT2D eigenvalue weighted by molar-refractivity contribution is 5.80. The third kappa shape index (κ3) is 7.97. The number of aryl methyl sites for hydroxylation is 1. The van der Waals surface area contributed by atoms with Crippen LogP contribution in [0.3, 0.4) is 0 Å². The standard InChI is InChI=1S/C14H12FN3O.C7H9FN2.C7H7NO2.CH4/c1-18-13-6-10(15)3-4-12(13)17-14(18)9-5-11(19-2)8-16-7-9;1-10-7-4-5(8)2-3-6(7)9;1-10-7-2-6(5-9)3-8-4-7;/h3-8H,1-2H3;2-4,10H,9H2,1H3;2-5H,1H3;1H4. The largest absolute Gasteiger partial charge is 0.495 e. The van der Waals surface area contributed by atoms with Crippen LogP contribution in [0.4, 0.5) is 20.2 Å². The third-order valence-corrected chi connectivity index (χ3v) is 5.44. The molecule has 0 atom stereocenters. The molecule has 0 amide bonds. The van der Waals surface area contributed by atoms with Gasteiger partial charge in [-0.05, 0) is 48.5 Å². The summed E-state index contributed by atoms with van der Waals surface area (Å²) >= 11 is 0. The number of anilines is 2. The van der Waals surface area contributed by atoms with E-state index in [0.29, 0.717) is 28.4 Å². The fraction of sp³-hybridized carbons (Fsp3) is 0.172.